The zero-order valence-corrected chi connectivity index (χ0v) is 12.4. The number of thiophene rings is 1. The topological polar surface area (TPSA) is 42.2 Å². The van der Waals surface area contributed by atoms with Crippen LogP contribution in [-0.4, -0.2) is 5.91 Å². The molecule has 106 valence electrons. The van der Waals surface area contributed by atoms with Crippen molar-refractivity contribution in [3.05, 3.63) is 81.9 Å². The zero-order valence-electron chi connectivity index (χ0n) is 11.6. The van der Waals surface area contributed by atoms with Crippen LogP contribution in [-0.2, 0) is 0 Å². The van der Waals surface area contributed by atoms with Crippen LogP contribution in [0.1, 0.15) is 31.9 Å². The number of aryl methyl sites for hydroxylation is 1. The molecule has 0 bridgehead atoms. The van der Waals surface area contributed by atoms with Gasteiger partial charge in [0, 0.05) is 4.88 Å². The Labute approximate surface area is 127 Å². The summed E-state index contributed by atoms with van der Waals surface area (Å²) in [6.45, 7) is 1.99. The fraction of sp³-hybridized carbons (Fsp3) is 0.118. The van der Waals surface area contributed by atoms with Crippen molar-refractivity contribution in [2.24, 2.45) is 0 Å². The summed E-state index contributed by atoms with van der Waals surface area (Å²) in [4.78, 5) is 14.2. The Kier molecular flexibility index (Phi) is 3.88. The van der Waals surface area contributed by atoms with Crippen LogP contribution in [0, 0.1) is 6.92 Å². The van der Waals surface area contributed by atoms with E-state index in [0.717, 1.165) is 16.2 Å². The molecular weight excluding hydrogens is 282 g/mol. The highest BCUT2D eigenvalue weighted by Crippen LogP contribution is 2.24. The number of benzene rings is 1. The summed E-state index contributed by atoms with van der Waals surface area (Å²) in [5, 5.41) is 3.04. The van der Waals surface area contributed by atoms with Crippen molar-refractivity contribution >= 4 is 17.2 Å². The first-order chi connectivity index (χ1) is 10.2. The monoisotopic (exact) mass is 297 g/mol. The van der Waals surface area contributed by atoms with E-state index in [9.17, 15) is 4.79 Å². The second-order valence-electron chi connectivity index (χ2n) is 4.74. The van der Waals surface area contributed by atoms with Crippen molar-refractivity contribution in [3.63, 3.8) is 0 Å². The molecule has 1 amide bonds. The van der Waals surface area contributed by atoms with Crippen molar-refractivity contribution in [3.8, 4) is 0 Å². The second-order valence-corrected chi connectivity index (χ2v) is 6.03. The first-order valence-corrected chi connectivity index (χ1v) is 7.51. The average molecular weight is 297 g/mol. The summed E-state index contributed by atoms with van der Waals surface area (Å²) in [6.07, 6.45) is 1.62. The molecule has 0 aliphatic heterocycles. The molecule has 2 heterocycles. The number of furan rings is 1. The quantitative estimate of drug-likeness (QED) is 0.785. The molecule has 0 saturated carbocycles. The average Bonchev–Trinajstić information content (AvgIpc) is 3.17. The molecule has 0 spiro atoms. The van der Waals surface area contributed by atoms with Crippen LogP contribution < -0.4 is 5.32 Å². The van der Waals surface area contributed by atoms with E-state index >= 15 is 0 Å². The third kappa shape index (κ3) is 3.06. The van der Waals surface area contributed by atoms with Gasteiger partial charge in [-0.3, -0.25) is 4.79 Å². The van der Waals surface area contributed by atoms with Gasteiger partial charge in [-0.1, -0.05) is 30.3 Å². The Morgan fingerprint density at radius 3 is 2.52 bits per heavy atom. The highest BCUT2D eigenvalue weighted by atomic mass is 32.1. The van der Waals surface area contributed by atoms with Crippen LogP contribution in [0.3, 0.4) is 0 Å². The first-order valence-electron chi connectivity index (χ1n) is 6.69. The molecule has 3 aromatic rings. The van der Waals surface area contributed by atoms with Crippen LogP contribution >= 0.6 is 11.3 Å². The standard InChI is InChI=1S/C17H15NO2S/c1-12-9-10-15(21-12)17(19)18-16(14-8-5-11-20-14)13-6-3-2-4-7-13/h2-11,16H,1H3,(H,18,19). The van der Waals surface area contributed by atoms with E-state index < -0.39 is 0 Å². The van der Waals surface area contributed by atoms with E-state index in [2.05, 4.69) is 5.32 Å². The van der Waals surface area contributed by atoms with Crippen molar-refractivity contribution in [2.45, 2.75) is 13.0 Å². The number of hydrogen-bond donors (Lipinski definition) is 1. The minimum absolute atomic E-state index is 0.0849. The van der Waals surface area contributed by atoms with E-state index in [1.54, 1.807) is 6.26 Å². The molecule has 4 heteroatoms. The maximum Gasteiger partial charge on any atom is 0.262 e. The predicted molar refractivity (Wildman–Crippen MR) is 83.5 cm³/mol. The first kappa shape index (κ1) is 13.6. The minimum atomic E-state index is -0.281. The van der Waals surface area contributed by atoms with Crippen molar-refractivity contribution in [2.75, 3.05) is 0 Å². The van der Waals surface area contributed by atoms with E-state index in [1.807, 2.05) is 61.5 Å². The van der Waals surface area contributed by atoms with E-state index in [1.165, 1.54) is 11.3 Å². The summed E-state index contributed by atoms with van der Waals surface area (Å²) in [5.74, 6) is 0.640. The second kappa shape index (κ2) is 5.97. The summed E-state index contributed by atoms with van der Waals surface area (Å²) in [5.41, 5.74) is 0.995. The van der Waals surface area contributed by atoms with Gasteiger partial charge in [-0.2, -0.15) is 0 Å². The van der Waals surface area contributed by atoms with E-state index in [0.29, 0.717) is 4.88 Å². The number of rotatable bonds is 4. The van der Waals surface area contributed by atoms with Gasteiger partial charge >= 0.3 is 0 Å². The molecule has 3 nitrogen and oxygen atoms in total. The van der Waals surface area contributed by atoms with Gasteiger partial charge in [0.25, 0.3) is 5.91 Å². The van der Waals surface area contributed by atoms with Gasteiger partial charge in [0.05, 0.1) is 11.1 Å². The highest BCUT2D eigenvalue weighted by molar-refractivity contribution is 7.13. The fourth-order valence-electron chi connectivity index (χ4n) is 2.18. The Morgan fingerprint density at radius 1 is 1.10 bits per heavy atom. The van der Waals surface area contributed by atoms with Gasteiger partial charge in [-0.25, -0.2) is 0 Å². The highest BCUT2D eigenvalue weighted by Gasteiger charge is 2.20. The molecule has 0 fully saturated rings. The molecule has 0 radical (unpaired) electrons. The van der Waals surface area contributed by atoms with E-state index in [4.69, 9.17) is 4.42 Å². The fourth-order valence-corrected chi connectivity index (χ4v) is 2.95. The Morgan fingerprint density at radius 2 is 1.90 bits per heavy atom. The molecule has 21 heavy (non-hydrogen) atoms. The van der Waals surface area contributed by atoms with E-state index in [-0.39, 0.29) is 11.9 Å². The predicted octanol–water partition coefficient (Wildman–Crippen LogP) is 4.17. The van der Waals surface area contributed by atoms with Crippen LogP contribution in [0.2, 0.25) is 0 Å². The number of carbonyl (C=O) groups excluding carboxylic acids is 1. The maximum atomic E-state index is 12.4. The van der Waals surface area contributed by atoms with Gasteiger partial charge in [0.2, 0.25) is 0 Å². The summed E-state index contributed by atoms with van der Waals surface area (Å²) in [6, 6.07) is 17.0. The van der Waals surface area contributed by atoms with Crippen LogP contribution in [0.15, 0.2) is 65.3 Å². The normalized spacial score (nSPS) is 12.0. The smallest absolute Gasteiger partial charge is 0.262 e. The summed E-state index contributed by atoms with van der Waals surface area (Å²) < 4.78 is 5.48. The van der Waals surface area contributed by atoms with Gasteiger partial charge in [-0.15, -0.1) is 11.3 Å². The molecule has 1 N–H and O–H groups in total. The molecule has 1 aromatic carbocycles. The van der Waals surface area contributed by atoms with Gasteiger partial charge < -0.3 is 9.73 Å². The lowest BCUT2D eigenvalue weighted by Crippen LogP contribution is -2.28. The zero-order chi connectivity index (χ0) is 14.7. The Balaban J connectivity index is 1.88. The lowest BCUT2D eigenvalue weighted by Gasteiger charge is -2.16. The van der Waals surface area contributed by atoms with Crippen LogP contribution in [0.4, 0.5) is 0 Å². The Hall–Kier alpha value is -2.33. The van der Waals surface area contributed by atoms with Gasteiger partial charge in [0.1, 0.15) is 11.8 Å². The molecule has 0 aliphatic carbocycles. The number of amides is 1. The van der Waals surface area contributed by atoms with Gasteiger partial charge in [-0.05, 0) is 36.8 Å². The molecule has 0 aliphatic rings. The summed E-state index contributed by atoms with van der Waals surface area (Å²) in [7, 11) is 0. The molecule has 0 saturated heterocycles. The molecule has 2 aromatic heterocycles. The lowest BCUT2D eigenvalue weighted by molar-refractivity contribution is 0.0943. The minimum Gasteiger partial charge on any atom is -0.467 e. The molecular formula is C17H15NO2S. The van der Waals surface area contributed by atoms with Crippen molar-refractivity contribution < 1.29 is 9.21 Å². The summed E-state index contributed by atoms with van der Waals surface area (Å²) >= 11 is 1.49. The SMILES string of the molecule is Cc1ccc(C(=O)NC(c2ccccc2)c2ccco2)s1. The van der Waals surface area contributed by atoms with Crippen LogP contribution in [0.5, 0.6) is 0 Å². The lowest BCUT2D eigenvalue weighted by atomic mass is 10.0. The molecule has 1 atom stereocenters. The van der Waals surface area contributed by atoms with Crippen molar-refractivity contribution in [1.82, 2.24) is 5.32 Å². The van der Waals surface area contributed by atoms with Crippen molar-refractivity contribution in [1.29, 1.82) is 0 Å². The Bertz CT molecular complexity index is 716. The number of nitrogens with one attached hydrogen (secondary N) is 1. The largest absolute Gasteiger partial charge is 0.467 e. The van der Waals surface area contributed by atoms with Gasteiger partial charge in [0.15, 0.2) is 0 Å². The third-order valence-electron chi connectivity index (χ3n) is 3.20. The maximum absolute atomic E-state index is 12.4. The molecule has 3 rings (SSSR count). The third-order valence-corrected chi connectivity index (χ3v) is 4.20. The number of carbonyl (C=O) groups is 1. The van der Waals surface area contributed by atoms with Crippen LogP contribution in [0.25, 0.3) is 0 Å². The molecule has 1 unspecified atom stereocenters. The number of hydrogen-bond acceptors (Lipinski definition) is 3.